The summed E-state index contributed by atoms with van der Waals surface area (Å²) in [4.78, 5) is 0. The van der Waals surface area contributed by atoms with E-state index in [1.807, 2.05) is 19.1 Å². The van der Waals surface area contributed by atoms with Crippen molar-refractivity contribution < 1.29 is 17.6 Å². The van der Waals surface area contributed by atoms with Gasteiger partial charge in [0.1, 0.15) is 0 Å². The van der Waals surface area contributed by atoms with E-state index in [0.717, 1.165) is 11.1 Å². The Bertz CT molecular complexity index is 339. The normalized spacial score (nSPS) is 12.1. The van der Waals surface area contributed by atoms with Crippen LogP contribution in [-0.2, 0) is 6.54 Å². The first kappa shape index (κ1) is 13.0. The fraction of sp³-hybridized carbons (Fsp3) is 0.455. The zero-order valence-electron chi connectivity index (χ0n) is 8.81. The Morgan fingerprint density at radius 2 is 2.00 bits per heavy atom. The highest BCUT2D eigenvalue weighted by molar-refractivity contribution is 5.21. The summed E-state index contributed by atoms with van der Waals surface area (Å²) in [6.07, 6.45) is -3.63. The van der Waals surface area contributed by atoms with Gasteiger partial charge < -0.3 is 5.32 Å². The van der Waals surface area contributed by atoms with Crippen LogP contribution in [0.1, 0.15) is 11.1 Å². The lowest BCUT2D eigenvalue weighted by molar-refractivity contribution is -0.125. The predicted octanol–water partition coefficient (Wildman–Crippen LogP) is 2.99. The lowest BCUT2D eigenvalue weighted by Crippen LogP contribution is -2.38. The minimum atomic E-state index is -3.97. The maximum atomic E-state index is 12.5. The molecule has 0 heterocycles. The summed E-state index contributed by atoms with van der Waals surface area (Å²) in [6, 6.07) is 7.23. The van der Waals surface area contributed by atoms with Crippen molar-refractivity contribution in [3.63, 3.8) is 0 Å². The average molecular weight is 235 g/mol. The van der Waals surface area contributed by atoms with Gasteiger partial charge in [0.15, 0.2) is 0 Å². The molecule has 5 heteroatoms. The van der Waals surface area contributed by atoms with E-state index in [0.29, 0.717) is 0 Å². The summed E-state index contributed by atoms with van der Waals surface area (Å²) >= 11 is 0. The van der Waals surface area contributed by atoms with Gasteiger partial charge in [-0.1, -0.05) is 29.8 Å². The number of rotatable bonds is 5. The molecule has 0 bridgehead atoms. The topological polar surface area (TPSA) is 12.0 Å². The molecule has 90 valence electrons. The Labute approximate surface area is 91.5 Å². The molecule has 0 saturated heterocycles. The molecule has 0 aliphatic heterocycles. The van der Waals surface area contributed by atoms with Crippen LogP contribution in [-0.4, -0.2) is 18.9 Å². The Hall–Kier alpha value is -1.10. The maximum absolute atomic E-state index is 12.5. The second-order valence-electron chi connectivity index (χ2n) is 3.65. The van der Waals surface area contributed by atoms with E-state index in [4.69, 9.17) is 0 Å². The fourth-order valence-electron chi connectivity index (χ4n) is 1.27. The van der Waals surface area contributed by atoms with Crippen LogP contribution in [0.25, 0.3) is 0 Å². The number of benzene rings is 1. The number of hydrogen-bond acceptors (Lipinski definition) is 1. The Kier molecular flexibility index (Phi) is 4.29. The molecule has 0 atom stereocenters. The predicted molar refractivity (Wildman–Crippen MR) is 53.8 cm³/mol. The molecule has 16 heavy (non-hydrogen) atoms. The van der Waals surface area contributed by atoms with Crippen LogP contribution in [0.3, 0.4) is 0 Å². The van der Waals surface area contributed by atoms with Gasteiger partial charge in [0, 0.05) is 6.54 Å². The first-order chi connectivity index (χ1) is 7.42. The SMILES string of the molecule is Cc1cccc(CNCC(F)(F)C(F)F)c1. The molecular formula is C11H13F4N. The molecule has 0 saturated carbocycles. The molecule has 0 aromatic heterocycles. The molecule has 0 aliphatic carbocycles. The van der Waals surface area contributed by atoms with E-state index in [1.165, 1.54) is 0 Å². The molecule has 1 N–H and O–H groups in total. The van der Waals surface area contributed by atoms with Crippen molar-refractivity contribution >= 4 is 0 Å². The van der Waals surface area contributed by atoms with Crippen LogP contribution < -0.4 is 5.32 Å². The first-order valence-electron chi connectivity index (χ1n) is 4.84. The Morgan fingerprint density at radius 1 is 1.31 bits per heavy atom. The summed E-state index contributed by atoms with van der Waals surface area (Å²) in [5.41, 5.74) is 1.80. The second-order valence-corrected chi connectivity index (χ2v) is 3.65. The number of halogens is 4. The smallest absolute Gasteiger partial charge is 0.307 e. The Balaban J connectivity index is 2.42. The van der Waals surface area contributed by atoms with Gasteiger partial charge in [-0.15, -0.1) is 0 Å². The van der Waals surface area contributed by atoms with Crippen LogP contribution in [0, 0.1) is 6.92 Å². The third-order valence-corrected chi connectivity index (χ3v) is 2.09. The third kappa shape index (κ3) is 3.81. The number of nitrogens with one attached hydrogen (secondary N) is 1. The molecule has 0 unspecified atom stereocenters. The van der Waals surface area contributed by atoms with E-state index < -0.39 is 18.9 Å². The van der Waals surface area contributed by atoms with Crippen molar-refractivity contribution in [1.29, 1.82) is 0 Å². The van der Waals surface area contributed by atoms with Crippen molar-refractivity contribution in [1.82, 2.24) is 5.32 Å². The van der Waals surface area contributed by atoms with Gasteiger partial charge in [-0.05, 0) is 12.5 Å². The molecular weight excluding hydrogens is 222 g/mol. The molecule has 1 aromatic carbocycles. The van der Waals surface area contributed by atoms with Crippen molar-refractivity contribution in [3.8, 4) is 0 Å². The largest absolute Gasteiger partial charge is 0.319 e. The van der Waals surface area contributed by atoms with E-state index in [1.54, 1.807) is 12.1 Å². The van der Waals surface area contributed by atoms with Crippen molar-refractivity contribution in [2.45, 2.75) is 25.8 Å². The monoisotopic (exact) mass is 235 g/mol. The summed E-state index contributed by atoms with van der Waals surface area (Å²) in [5, 5.41) is 2.32. The quantitative estimate of drug-likeness (QED) is 0.773. The summed E-state index contributed by atoms with van der Waals surface area (Å²) in [5.74, 6) is -3.97. The van der Waals surface area contributed by atoms with Crippen molar-refractivity contribution in [2.75, 3.05) is 6.54 Å². The first-order valence-corrected chi connectivity index (χ1v) is 4.84. The van der Waals surface area contributed by atoms with E-state index in [9.17, 15) is 17.6 Å². The van der Waals surface area contributed by atoms with Crippen LogP contribution in [0.15, 0.2) is 24.3 Å². The summed E-state index contributed by atoms with van der Waals surface area (Å²) in [6.45, 7) is 1.01. The van der Waals surface area contributed by atoms with Gasteiger partial charge in [0.25, 0.3) is 0 Å². The molecule has 0 radical (unpaired) electrons. The van der Waals surface area contributed by atoms with Crippen molar-refractivity contribution in [3.05, 3.63) is 35.4 Å². The number of hydrogen-bond donors (Lipinski definition) is 1. The highest BCUT2D eigenvalue weighted by Crippen LogP contribution is 2.21. The summed E-state index contributed by atoms with van der Waals surface area (Å²) in [7, 11) is 0. The molecule has 0 spiro atoms. The fourth-order valence-corrected chi connectivity index (χ4v) is 1.27. The summed E-state index contributed by atoms with van der Waals surface area (Å²) < 4.78 is 48.7. The van der Waals surface area contributed by atoms with Crippen molar-refractivity contribution in [2.24, 2.45) is 0 Å². The van der Waals surface area contributed by atoms with Gasteiger partial charge in [-0.25, -0.2) is 8.78 Å². The molecule has 1 rings (SSSR count). The highest BCUT2D eigenvalue weighted by atomic mass is 19.3. The molecule has 0 amide bonds. The average Bonchev–Trinajstić information content (AvgIpc) is 2.17. The Morgan fingerprint density at radius 3 is 2.56 bits per heavy atom. The van der Waals surface area contributed by atoms with Gasteiger partial charge in [0.05, 0.1) is 6.54 Å². The molecule has 1 aromatic rings. The van der Waals surface area contributed by atoms with Crippen LogP contribution in [0.5, 0.6) is 0 Å². The van der Waals surface area contributed by atoms with Crippen LogP contribution in [0.2, 0.25) is 0 Å². The zero-order valence-corrected chi connectivity index (χ0v) is 8.81. The number of alkyl halides is 4. The highest BCUT2D eigenvalue weighted by Gasteiger charge is 2.39. The standard InChI is InChI=1S/C11H13F4N/c1-8-3-2-4-9(5-8)6-16-7-11(14,15)10(12)13/h2-5,10,16H,6-7H2,1H3. The zero-order chi connectivity index (χ0) is 12.2. The van der Waals surface area contributed by atoms with E-state index in [-0.39, 0.29) is 6.54 Å². The lowest BCUT2D eigenvalue weighted by atomic mass is 10.1. The molecule has 1 nitrogen and oxygen atoms in total. The van der Waals surface area contributed by atoms with Gasteiger partial charge in [-0.2, -0.15) is 8.78 Å². The van der Waals surface area contributed by atoms with Gasteiger partial charge in [-0.3, -0.25) is 0 Å². The maximum Gasteiger partial charge on any atom is 0.319 e. The van der Waals surface area contributed by atoms with E-state index in [2.05, 4.69) is 5.32 Å². The van der Waals surface area contributed by atoms with E-state index >= 15 is 0 Å². The van der Waals surface area contributed by atoms with Gasteiger partial charge in [0.2, 0.25) is 0 Å². The van der Waals surface area contributed by atoms with Crippen LogP contribution in [0.4, 0.5) is 17.6 Å². The number of aryl methyl sites for hydroxylation is 1. The van der Waals surface area contributed by atoms with Gasteiger partial charge >= 0.3 is 12.3 Å². The third-order valence-electron chi connectivity index (χ3n) is 2.09. The minimum Gasteiger partial charge on any atom is -0.307 e. The molecule has 0 aliphatic rings. The molecule has 0 fully saturated rings. The van der Waals surface area contributed by atoms with Crippen LogP contribution >= 0.6 is 0 Å². The lowest BCUT2D eigenvalue weighted by Gasteiger charge is -2.15. The minimum absolute atomic E-state index is 0.157. The second kappa shape index (κ2) is 5.30.